The van der Waals surface area contributed by atoms with Crippen LogP contribution in [0.15, 0.2) is 42.7 Å². The number of hydrogen-bond acceptors (Lipinski definition) is 5. The van der Waals surface area contributed by atoms with E-state index in [0.717, 1.165) is 41.0 Å². The molecule has 0 saturated heterocycles. The van der Waals surface area contributed by atoms with Gasteiger partial charge >= 0.3 is 0 Å². The third-order valence-corrected chi connectivity index (χ3v) is 6.80. The van der Waals surface area contributed by atoms with Crippen LogP contribution in [0, 0.1) is 5.92 Å². The number of anilines is 2. The quantitative estimate of drug-likeness (QED) is 0.507. The van der Waals surface area contributed by atoms with Crippen LogP contribution in [-0.2, 0) is 19.4 Å². The van der Waals surface area contributed by atoms with E-state index in [1.165, 1.54) is 4.88 Å². The maximum Gasteiger partial charge on any atom is 0.259 e. The minimum Gasteiger partial charge on any atom is -0.495 e. The van der Waals surface area contributed by atoms with E-state index < -0.39 is 0 Å². The Morgan fingerprint density at radius 2 is 2.10 bits per heavy atom. The number of aromatic nitrogens is 1. The molecule has 7 heteroatoms. The van der Waals surface area contributed by atoms with Crippen LogP contribution in [0.4, 0.5) is 10.7 Å². The van der Waals surface area contributed by atoms with Gasteiger partial charge in [-0.3, -0.25) is 9.78 Å². The van der Waals surface area contributed by atoms with Crippen molar-refractivity contribution in [3.8, 4) is 5.75 Å². The number of methoxy groups -OCH3 is 1. The summed E-state index contributed by atoms with van der Waals surface area (Å²) in [4.78, 5) is 18.8. The molecule has 1 amide bonds. The van der Waals surface area contributed by atoms with Crippen LogP contribution in [0.1, 0.15) is 39.7 Å². The second-order valence-electron chi connectivity index (χ2n) is 7.56. The number of thiophene rings is 1. The minimum atomic E-state index is -0.139. The van der Waals surface area contributed by atoms with Gasteiger partial charge in [-0.05, 0) is 66.6 Å². The van der Waals surface area contributed by atoms with E-state index in [-0.39, 0.29) is 5.91 Å². The van der Waals surface area contributed by atoms with Gasteiger partial charge in [-0.15, -0.1) is 11.3 Å². The molecule has 0 bridgehead atoms. The number of fused-ring (bicyclic) bond motifs is 1. The number of carbonyl (C=O) groups excluding carboxylic acids is 1. The molecular formula is C23H24ClN3O2S. The van der Waals surface area contributed by atoms with Gasteiger partial charge in [-0.25, -0.2) is 0 Å². The topological polar surface area (TPSA) is 63.2 Å². The molecule has 1 atom stereocenters. The van der Waals surface area contributed by atoms with Gasteiger partial charge in [-0.2, -0.15) is 0 Å². The van der Waals surface area contributed by atoms with Gasteiger partial charge in [0.2, 0.25) is 0 Å². The zero-order valence-corrected chi connectivity index (χ0v) is 18.6. The molecule has 3 aromatic rings. The first kappa shape index (κ1) is 20.7. The number of rotatable bonds is 6. The van der Waals surface area contributed by atoms with Gasteiger partial charge in [0.25, 0.3) is 5.91 Å². The molecule has 1 aliphatic carbocycles. The summed E-state index contributed by atoms with van der Waals surface area (Å²) in [7, 11) is 1.58. The SMILES string of the molecule is COc1ccc(Cl)cc1NC(=O)c1c(NCc2ccncc2)sc2c1CC[C@@H](C)C2. The molecule has 156 valence electrons. The number of pyridine rings is 1. The standard InChI is InChI=1S/C23H24ClN3O2S/c1-14-3-5-17-20(11-14)30-23(26-13-15-7-9-25-10-8-15)21(17)22(28)27-18-12-16(24)4-6-19(18)29-2/h4,6-10,12,14,26H,3,5,11,13H2,1-2H3,(H,27,28)/t14-/m1/s1. The molecule has 0 unspecified atom stereocenters. The lowest BCUT2D eigenvalue weighted by Crippen LogP contribution is -2.18. The number of benzene rings is 1. The van der Waals surface area contributed by atoms with Crippen molar-refractivity contribution in [3.63, 3.8) is 0 Å². The summed E-state index contributed by atoms with van der Waals surface area (Å²) in [5.74, 6) is 1.07. The van der Waals surface area contributed by atoms with E-state index in [1.807, 2.05) is 12.1 Å². The lowest BCUT2D eigenvalue weighted by molar-refractivity contribution is 0.102. The van der Waals surface area contributed by atoms with Crippen LogP contribution in [-0.4, -0.2) is 18.0 Å². The summed E-state index contributed by atoms with van der Waals surface area (Å²) in [5.41, 5.74) is 3.58. The highest BCUT2D eigenvalue weighted by atomic mass is 35.5. The average molecular weight is 442 g/mol. The number of ether oxygens (including phenoxy) is 1. The van der Waals surface area contributed by atoms with Crippen LogP contribution in [0.2, 0.25) is 5.02 Å². The maximum atomic E-state index is 13.4. The molecule has 2 aromatic heterocycles. The van der Waals surface area contributed by atoms with Crippen molar-refractivity contribution in [1.29, 1.82) is 0 Å². The Labute approximate surface area is 185 Å². The molecule has 0 saturated carbocycles. The van der Waals surface area contributed by atoms with E-state index in [9.17, 15) is 4.79 Å². The van der Waals surface area contributed by atoms with Gasteiger partial charge in [0, 0.05) is 28.8 Å². The van der Waals surface area contributed by atoms with Crippen molar-refractivity contribution in [3.05, 3.63) is 69.3 Å². The molecule has 0 radical (unpaired) electrons. The Morgan fingerprint density at radius 1 is 1.30 bits per heavy atom. The van der Waals surface area contributed by atoms with Crippen molar-refractivity contribution in [1.82, 2.24) is 4.98 Å². The molecule has 30 heavy (non-hydrogen) atoms. The highest BCUT2D eigenvalue weighted by Crippen LogP contribution is 2.40. The second-order valence-corrected chi connectivity index (χ2v) is 9.11. The van der Waals surface area contributed by atoms with Crippen LogP contribution >= 0.6 is 22.9 Å². The smallest absolute Gasteiger partial charge is 0.259 e. The molecule has 1 aromatic carbocycles. The fraction of sp³-hybridized carbons (Fsp3) is 0.304. The lowest BCUT2D eigenvalue weighted by Gasteiger charge is -2.19. The molecule has 0 fully saturated rings. The van der Waals surface area contributed by atoms with Gasteiger partial charge in [0.1, 0.15) is 10.8 Å². The Bertz CT molecular complexity index is 1050. The molecule has 2 heterocycles. The Kier molecular flexibility index (Phi) is 6.25. The summed E-state index contributed by atoms with van der Waals surface area (Å²) < 4.78 is 5.39. The normalized spacial score (nSPS) is 15.4. The lowest BCUT2D eigenvalue weighted by atomic mass is 9.88. The number of amides is 1. The van der Waals surface area contributed by atoms with Crippen LogP contribution < -0.4 is 15.4 Å². The molecule has 5 nitrogen and oxygen atoms in total. The van der Waals surface area contributed by atoms with Gasteiger partial charge in [0.05, 0.1) is 18.4 Å². The van der Waals surface area contributed by atoms with E-state index in [4.69, 9.17) is 16.3 Å². The second kappa shape index (κ2) is 9.06. The predicted octanol–water partition coefficient (Wildman–Crippen LogP) is 5.79. The molecule has 2 N–H and O–H groups in total. The van der Waals surface area contributed by atoms with E-state index in [2.05, 4.69) is 22.5 Å². The molecule has 0 spiro atoms. The first-order valence-electron chi connectivity index (χ1n) is 9.97. The number of nitrogens with one attached hydrogen (secondary N) is 2. The van der Waals surface area contributed by atoms with Crippen molar-refractivity contribution >= 4 is 39.5 Å². The Morgan fingerprint density at radius 3 is 2.87 bits per heavy atom. The number of hydrogen-bond donors (Lipinski definition) is 2. The third-order valence-electron chi connectivity index (χ3n) is 5.35. The summed E-state index contributed by atoms with van der Waals surface area (Å²) in [6.45, 7) is 2.90. The fourth-order valence-electron chi connectivity index (χ4n) is 3.76. The zero-order chi connectivity index (χ0) is 21.1. The maximum absolute atomic E-state index is 13.4. The summed E-state index contributed by atoms with van der Waals surface area (Å²) in [6, 6.07) is 9.15. The highest BCUT2D eigenvalue weighted by molar-refractivity contribution is 7.16. The largest absolute Gasteiger partial charge is 0.495 e. The zero-order valence-electron chi connectivity index (χ0n) is 17.0. The van der Waals surface area contributed by atoms with Gasteiger partial charge < -0.3 is 15.4 Å². The van der Waals surface area contributed by atoms with Crippen molar-refractivity contribution in [2.24, 2.45) is 5.92 Å². The molecule has 0 aliphatic heterocycles. The van der Waals surface area contributed by atoms with Crippen molar-refractivity contribution in [2.45, 2.75) is 32.7 Å². The number of nitrogens with zero attached hydrogens (tertiary/aromatic N) is 1. The summed E-state index contributed by atoms with van der Waals surface area (Å²) in [5, 5.41) is 7.95. The molecular weight excluding hydrogens is 418 g/mol. The fourth-order valence-corrected chi connectivity index (χ4v) is 5.34. The highest BCUT2D eigenvalue weighted by Gasteiger charge is 2.28. The van der Waals surface area contributed by atoms with Crippen LogP contribution in [0.5, 0.6) is 5.75 Å². The van der Waals surface area contributed by atoms with Gasteiger partial charge in [-0.1, -0.05) is 18.5 Å². The van der Waals surface area contributed by atoms with Crippen LogP contribution in [0.3, 0.4) is 0 Å². The van der Waals surface area contributed by atoms with E-state index in [1.54, 1.807) is 49.0 Å². The Balaban J connectivity index is 1.65. The van der Waals surface area contributed by atoms with E-state index in [0.29, 0.717) is 28.9 Å². The third kappa shape index (κ3) is 4.45. The monoisotopic (exact) mass is 441 g/mol. The number of halogens is 1. The first-order valence-corrected chi connectivity index (χ1v) is 11.2. The summed E-state index contributed by atoms with van der Waals surface area (Å²) >= 11 is 7.83. The molecule has 1 aliphatic rings. The minimum absolute atomic E-state index is 0.139. The van der Waals surface area contributed by atoms with E-state index >= 15 is 0 Å². The molecule has 4 rings (SSSR count). The van der Waals surface area contributed by atoms with Crippen molar-refractivity contribution < 1.29 is 9.53 Å². The first-order chi connectivity index (χ1) is 14.5. The predicted molar refractivity (Wildman–Crippen MR) is 123 cm³/mol. The summed E-state index contributed by atoms with van der Waals surface area (Å²) in [6.07, 6.45) is 6.57. The van der Waals surface area contributed by atoms with Crippen molar-refractivity contribution in [2.75, 3.05) is 17.7 Å². The Hall–Kier alpha value is -2.57. The number of carbonyl (C=O) groups is 1. The van der Waals surface area contributed by atoms with Crippen LogP contribution in [0.25, 0.3) is 0 Å². The average Bonchev–Trinajstić information content (AvgIpc) is 3.10. The van der Waals surface area contributed by atoms with Gasteiger partial charge in [0.15, 0.2) is 0 Å².